The van der Waals surface area contributed by atoms with Gasteiger partial charge >= 0.3 is 0 Å². The van der Waals surface area contributed by atoms with Crippen LogP contribution in [0.2, 0.25) is 0 Å². The summed E-state index contributed by atoms with van der Waals surface area (Å²) in [7, 11) is 0. The maximum atomic E-state index is 10.7. The molecule has 1 aliphatic carbocycles. The highest BCUT2D eigenvalue weighted by molar-refractivity contribution is 5.78. The molecular weight excluding hydrogens is 130 g/mol. The first kappa shape index (κ1) is 7.54. The molecule has 1 aliphatic rings. The second-order valence-electron chi connectivity index (χ2n) is 3.20. The van der Waals surface area contributed by atoms with E-state index in [2.05, 4.69) is 0 Å². The molecule has 0 radical (unpaired) electrons. The van der Waals surface area contributed by atoms with Crippen molar-refractivity contribution in [2.24, 2.45) is 11.7 Å². The average Bonchev–Trinajstić information content (AvgIpc) is 2.08. The normalized spacial score (nSPS) is 40.0. The molecule has 0 aromatic rings. The smallest absolute Gasteiger partial charge is 0.223 e. The number of carbonyl (C=O) groups excluding carboxylic acids is 1. The molecule has 0 aromatic carbocycles. The van der Waals surface area contributed by atoms with E-state index in [1.807, 2.05) is 0 Å². The van der Waals surface area contributed by atoms with Crippen LogP contribution in [0.25, 0.3) is 0 Å². The highest BCUT2D eigenvalue weighted by Crippen LogP contribution is 2.34. The Kier molecular flexibility index (Phi) is 1.68. The van der Waals surface area contributed by atoms with Crippen LogP contribution in [0.15, 0.2) is 0 Å². The fourth-order valence-electron chi connectivity index (χ4n) is 1.60. The maximum Gasteiger partial charge on any atom is 0.223 e. The summed E-state index contributed by atoms with van der Waals surface area (Å²) in [6, 6.07) is 0. The third-order valence-corrected chi connectivity index (χ3v) is 2.27. The van der Waals surface area contributed by atoms with Crippen LogP contribution >= 0.6 is 0 Å². The van der Waals surface area contributed by atoms with Crippen molar-refractivity contribution in [3.8, 4) is 0 Å². The van der Waals surface area contributed by atoms with E-state index in [4.69, 9.17) is 5.73 Å². The summed E-state index contributed by atoms with van der Waals surface area (Å²) in [6.07, 6.45) is 2.34. The van der Waals surface area contributed by atoms with Gasteiger partial charge in [0.2, 0.25) is 5.91 Å². The second kappa shape index (κ2) is 2.23. The number of rotatable bonds is 1. The quantitative estimate of drug-likeness (QED) is 0.543. The van der Waals surface area contributed by atoms with E-state index in [1.165, 1.54) is 0 Å². The second-order valence-corrected chi connectivity index (χ2v) is 3.20. The molecule has 58 valence electrons. The van der Waals surface area contributed by atoms with Crippen molar-refractivity contribution in [3.05, 3.63) is 0 Å². The summed E-state index contributed by atoms with van der Waals surface area (Å²) in [5.41, 5.74) is 4.23. The molecule has 1 rings (SSSR count). The lowest BCUT2D eigenvalue weighted by molar-refractivity contribution is -0.128. The molecule has 2 unspecified atom stereocenters. The molecule has 3 nitrogen and oxygen atoms in total. The largest absolute Gasteiger partial charge is 0.389 e. The molecule has 1 fully saturated rings. The van der Waals surface area contributed by atoms with E-state index in [9.17, 15) is 9.90 Å². The highest BCUT2D eigenvalue weighted by atomic mass is 16.3. The molecular formula is C7H13NO2. The van der Waals surface area contributed by atoms with Gasteiger partial charge in [-0.1, -0.05) is 0 Å². The van der Waals surface area contributed by atoms with Gasteiger partial charge in [-0.05, 0) is 26.2 Å². The van der Waals surface area contributed by atoms with Gasteiger partial charge in [-0.2, -0.15) is 0 Å². The van der Waals surface area contributed by atoms with Crippen LogP contribution < -0.4 is 5.73 Å². The summed E-state index contributed by atoms with van der Waals surface area (Å²) in [5, 5.41) is 9.52. The SMILES string of the molecule is CC1(O)CCCC1C(N)=O. The van der Waals surface area contributed by atoms with Gasteiger partial charge in [0.15, 0.2) is 0 Å². The molecule has 2 atom stereocenters. The van der Waals surface area contributed by atoms with E-state index in [1.54, 1.807) is 6.92 Å². The van der Waals surface area contributed by atoms with E-state index >= 15 is 0 Å². The number of nitrogens with two attached hydrogens (primary N) is 1. The highest BCUT2D eigenvalue weighted by Gasteiger charge is 2.40. The Balaban J connectivity index is 2.68. The molecule has 3 N–H and O–H groups in total. The number of primary amides is 1. The van der Waals surface area contributed by atoms with Crippen LogP contribution in [0.1, 0.15) is 26.2 Å². The molecule has 1 amide bonds. The number of amides is 1. The Morgan fingerprint density at radius 1 is 1.80 bits per heavy atom. The summed E-state index contributed by atoms with van der Waals surface area (Å²) in [4.78, 5) is 10.7. The molecule has 0 saturated heterocycles. The zero-order valence-electron chi connectivity index (χ0n) is 6.13. The number of hydrogen-bond acceptors (Lipinski definition) is 2. The van der Waals surface area contributed by atoms with E-state index in [-0.39, 0.29) is 11.8 Å². The van der Waals surface area contributed by atoms with Gasteiger partial charge in [0.05, 0.1) is 11.5 Å². The van der Waals surface area contributed by atoms with Crippen LogP contribution in [-0.2, 0) is 4.79 Å². The lowest BCUT2D eigenvalue weighted by atomic mass is 9.93. The van der Waals surface area contributed by atoms with Crippen molar-refractivity contribution in [1.82, 2.24) is 0 Å². The summed E-state index contributed by atoms with van der Waals surface area (Å²) < 4.78 is 0. The minimum atomic E-state index is -0.841. The van der Waals surface area contributed by atoms with E-state index in [0.29, 0.717) is 6.42 Å². The van der Waals surface area contributed by atoms with Crippen molar-refractivity contribution in [3.63, 3.8) is 0 Å². The van der Waals surface area contributed by atoms with Gasteiger partial charge in [-0.3, -0.25) is 4.79 Å². The van der Waals surface area contributed by atoms with Crippen LogP contribution in [0, 0.1) is 5.92 Å². The Bertz CT molecular complexity index is 154. The predicted octanol–water partition coefficient (Wildman–Crippen LogP) is 0.0228. The molecule has 0 aliphatic heterocycles. The Morgan fingerprint density at radius 2 is 2.40 bits per heavy atom. The number of aliphatic hydroxyl groups is 1. The standard InChI is InChI=1S/C7H13NO2/c1-7(10)4-2-3-5(7)6(8)9/h5,10H,2-4H2,1H3,(H2,8,9). The summed E-state index contributed by atoms with van der Waals surface area (Å²) in [5.74, 6) is -0.699. The maximum absolute atomic E-state index is 10.7. The van der Waals surface area contributed by atoms with Gasteiger partial charge < -0.3 is 10.8 Å². The fourth-order valence-corrected chi connectivity index (χ4v) is 1.60. The monoisotopic (exact) mass is 143 g/mol. The molecule has 0 bridgehead atoms. The summed E-state index contributed by atoms with van der Waals surface area (Å²) >= 11 is 0. The van der Waals surface area contributed by atoms with Gasteiger partial charge in [-0.25, -0.2) is 0 Å². The lowest BCUT2D eigenvalue weighted by Gasteiger charge is -2.22. The Labute approximate surface area is 60.2 Å². The van der Waals surface area contributed by atoms with Crippen molar-refractivity contribution in [2.75, 3.05) is 0 Å². The van der Waals surface area contributed by atoms with Gasteiger partial charge in [0.1, 0.15) is 0 Å². The van der Waals surface area contributed by atoms with Crippen molar-refractivity contribution in [2.45, 2.75) is 31.8 Å². The van der Waals surface area contributed by atoms with Gasteiger partial charge in [0.25, 0.3) is 0 Å². The zero-order chi connectivity index (χ0) is 7.78. The zero-order valence-corrected chi connectivity index (χ0v) is 6.13. The number of hydrogen-bond donors (Lipinski definition) is 2. The Morgan fingerprint density at radius 3 is 2.60 bits per heavy atom. The summed E-state index contributed by atoms with van der Waals surface area (Å²) in [6.45, 7) is 1.68. The van der Waals surface area contributed by atoms with Crippen molar-refractivity contribution < 1.29 is 9.90 Å². The van der Waals surface area contributed by atoms with Crippen LogP contribution in [0.3, 0.4) is 0 Å². The first-order valence-electron chi connectivity index (χ1n) is 3.56. The third kappa shape index (κ3) is 1.14. The lowest BCUT2D eigenvalue weighted by Crippen LogP contribution is -2.38. The van der Waals surface area contributed by atoms with Crippen molar-refractivity contribution >= 4 is 5.91 Å². The van der Waals surface area contributed by atoms with Crippen LogP contribution in [-0.4, -0.2) is 16.6 Å². The molecule has 3 heteroatoms. The molecule has 0 spiro atoms. The topological polar surface area (TPSA) is 63.3 Å². The minimum absolute atomic E-state index is 0.326. The molecule has 10 heavy (non-hydrogen) atoms. The van der Waals surface area contributed by atoms with Crippen molar-refractivity contribution in [1.29, 1.82) is 0 Å². The third-order valence-electron chi connectivity index (χ3n) is 2.27. The first-order chi connectivity index (χ1) is 4.54. The average molecular weight is 143 g/mol. The minimum Gasteiger partial charge on any atom is -0.389 e. The van der Waals surface area contributed by atoms with E-state index in [0.717, 1.165) is 12.8 Å². The molecule has 0 aromatic heterocycles. The molecule has 0 heterocycles. The number of carbonyl (C=O) groups is 1. The van der Waals surface area contributed by atoms with Gasteiger partial charge in [0, 0.05) is 0 Å². The van der Waals surface area contributed by atoms with E-state index < -0.39 is 5.60 Å². The van der Waals surface area contributed by atoms with Crippen LogP contribution in [0.5, 0.6) is 0 Å². The van der Waals surface area contributed by atoms with Gasteiger partial charge in [-0.15, -0.1) is 0 Å². The predicted molar refractivity (Wildman–Crippen MR) is 37.2 cm³/mol. The Hall–Kier alpha value is -0.570. The van der Waals surface area contributed by atoms with Crippen LogP contribution in [0.4, 0.5) is 0 Å². The first-order valence-corrected chi connectivity index (χ1v) is 3.56. The molecule has 1 saturated carbocycles. The fraction of sp³-hybridized carbons (Fsp3) is 0.857.